The number of ether oxygens (including phenoxy) is 1. The number of pyridine rings is 1. The highest BCUT2D eigenvalue weighted by atomic mass is 32.2. The molecule has 0 atom stereocenters. The number of hydrogen-bond acceptors (Lipinski definition) is 4. The molecule has 19 heavy (non-hydrogen) atoms. The van der Waals surface area contributed by atoms with Crippen molar-refractivity contribution in [1.29, 1.82) is 0 Å². The topological polar surface area (TPSA) is 68.3 Å². The van der Waals surface area contributed by atoms with Crippen molar-refractivity contribution in [3.63, 3.8) is 0 Å². The molecule has 5 nitrogen and oxygen atoms in total. The van der Waals surface area contributed by atoms with Crippen LogP contribution in [0.15, 0.2) is 53.6 Å². The molecule has 0 amide bonds. The van der Waals surface area contributed by atoms with Crippen molar-refractivity contribution in [1.82, 2.24) is 9.71 Å². The number of sulfonamides is 1. The van der Waals surface area contributed by atoms with Gasteiger partial charge >= 0.3 is 0 Å². The summed E-state index contributed by atoms with van der Waals surface area (Å²) in [5.41, 5.74) is 0.784. The molecule has 6 heteroatoms. The van der Waals surface area contributed by atoms with E-state index in [1.165, 1.54) is 7.11 Å². The van der Waals surface area contributed by atoms with Gasteiger partial charge < -0.3 is 4.74 Å². The fourth-order valence-electron chi connectivity index (χ4n) is 1.53. The summed E-state index contributed by atoms with van der Waals surface area (Å²) in [6, 6.07) is 11.7. The Morgan fingerprint density at radius 1 is 1.21 bits per heavy atom. The molecule has 1 N–H and O–H groups in total. The minimum Gasteiger partial charge on any atom is -0.481 e. The van der Waals surface area contributed by atoms with E-state index >= 15 is 0 Å². The minimum absolute atomic E-state index is 0.191. The number of nitrogens with one attached hydrogen (secondary N) is 1. The van der Waals surface area contributed by atoms with Gasteiger partial charge in [0.05, 0.1) is 12.0 Å². The second-order valence-electron chi connectivity index (χ2n) is 3.84. The van der Waals surface area contributed by atoms with Gasteiger partial charge in [-0.25, -0.2) is 18.1 Å². The molecule has 2 aromatic rings. The van der Waals surface area contributed by atoms with Crippen molar-refractivity contribution in [2.45, 2.75) is 11.4 Å². The van der Waals surface area contributed by atoms with E-state index in [1.54, 1.807) is 48.7 Å². The molecule has 0 bridgehead atoms. The van der Waals surface area contributed by atoms with Crippen molar-refractivity contribution in [2.24, 2.45) is 0 Å². The summed E-state index contributed by atoms with van der Waals surface area (Å²) >= 11 is 0. The molecule has 0 aliphatic carbocycles. The monoisotopic (exact) mass is 278 g/mol. The van der Waals surface area contributed by atoms with Crippen LogP contribution in [0.5, 0.6) is 5.88 Å². The molecule has 100 valence electrons. The van der Waals surface area contributed by atoms with E-state index in [-0.39, 0.29) is 11.4 Å². The third kappa shape index (κ3) is 3.52. The van der Waals surface area contributed by atoms with Crippen LogP contribution in [-0.4, -0.2) is 20.5 Å². The van der Waals surface area contributed by atoms with Gasteiger partial charge in [0.15, 0.2) is 0 Å². The lowest BCUT2D eigenvalue weighted by Crippen LogP contribution is -2.23. The predicted molar refractivity (Wildman–Crippen MR) is 71.3 cm³/mol. The van der Waals surface area contributed by atoms with Crippen molar-refractivity contribution in [3.05, 3.63) is 54.2 Å². The summed E-state index contributed by atoms with van der Waals surface area (Å²) < 4.78 is 31.5. The number of benzene rings is 1. The number of aromatic nitrogens is 1. The Morgan fingerprint density at radius 2 is 1.95 bits per heavy atom. The number of methoxy groups -OCH3 is 1. The second kappa shape index (κ2) is 5.81. The molecule has 2 rings (SSSR count). The summed E-state index contributed by atoms with van der Waals surface area (Å²) in [5.74, 6) is 0.455. The summed E-state index contributed by atoms with van der Waals surface area (Å²) in [4.78, 5) is 4.21. The maximum atomic E-state index is 12.0. The lowest BCUT2D eigenvalue weighted by molar-refractivity contribution is 0.397. The molecule has 0 saturated heterocycles. The maximum absolute atomic E-state index is 12.0. The SMILES string of the molecule is COc1cc(CNS(=O)(=O)c2ccccc2)ccn1. The largest absolute Gasteiger partial charge is 0.481 e. The Labute approximate surface area is 112 Å². The van der Waals surface area contributed by atoms with Gasteiger partial charge in [-0.05, 0) is 23.8 Å². The average Bonchev–Trinajstić information content (AvgIpc) is 2.46. The molecule has 0 aliphatic rings. The van der Waals surface area contributed by atoms with Crippen molar-refractivity contribution < 1.29 is 13.2 Å². The Morgan fingerprint density at radius 3 is 2.63 bits per heavy atom. The van der Waals surface area contributed by atoms with E-state index in [9.17, 15) is 8.42 Å². The van der Waals surface area contributed by atoms with Gasteiger partial charge in [-0.15, -0.1) is 0 Å². The highest BCUT2D eigenvalue weighted by molar-refractivity contribution is 7.89. The Bertz CT molecular complexity index is 642. The quantitative estimate of drug-likeness (QED) is 0.901. The minimum atomic E-state index is -3.49. The first-order chi connectivity index (χ1) is 9.12. The molecule has 0 spiro atoms. The molecule has 0 fully saturated rings. The summed E-state index contributed by atoms with van der Waals surface area (Å²) in [7, 11) is -1.98. The van der Waals surface area contributed by atoms with Crippen LogP contribution >= 0.6 is 0 Å². The number of nitrogens with zero attached hydrogens (tertiary/aromatic N) is 1. The van der Waals surface area contributed by atoms with Gasteiger partial charge in [-0.3, -0.25) is 0 Å². The molecule has 0 unspecified atom stereocenters. The summed E-state index contributed by atoms with van der Waals surface area (Å²) in [5, 5.41) is 0. The van der Waals surface area contributed by atoms with Crippen LogP contribution in [0.1, 0.15) is 5.56 Å². The Balaban J connectivity index is 2.10. The van der Waals surface area contributed by atoms with Crippen LogP contribution < -0.4 is 9.46 Å². The molecule has 0 radical (unpaired) electrons. The number of hydrogen-bond donors (Lipinski definition) is 1. The third-order valence-corrected chi connectivity index (χ3v) is 3.95. The average molecular weight is 278 g/mol. The van der Waals surface area contributed by atoms with Gasteiger partial charge in [0, 0.05) is 18.8 Å². The molecule has 1 aromatic carbocycles. The fourth-order valence-corrected chi connectivity index (χ4v) is 2.57. The van der Waals surface area contributed by atoms with Crippen LogP contribution in [0.2, 0.25) is 0 Å². The first-order valence-corrected chi connectivity index (χ1v) is 7.14. The lowest BCUT2D eigenvalue weighted by Gasteiger charge is -2.07. The van der Waals surface area contributed by atoms with Gasteiger partial charge in [0.2, 0.25) is 15.9 Å². The van der Waals surface area contributed by atoms with Gasteiger partial charge in [0.25, 0.3) is 0 Å². The van der Waals surface area contributed by atoms with Crippen LogP contribution in [0.4, 0.5) is 0 Å². The standard InChI is InChI=1S/C13H14N2O3S/c1-18-13-9-11(7-8-14-13)10-15-19(16,17)12-5-3-2-4-6-12/h2-9,15H,10H2,1H3. The lowest BCUT2D eigenvalue weighted by atomic mass is 10.3. The highest BCUT2D eigenvalue weighted by Gasteiger charge is 2.12. The highest BCUT2D eigenvalue weighted by Crippen LogP contribution is 2.11. The zero-order valence-corrected chi connectivity index (χ0v) is 11.2. The normalized spacial score (nSPS) is 11.2. The van der Waals surface area contributed by atoms with E-state index < -0.39 is 10.0 Å². The molecule has 0 saturated carbocycles. The van der Waals surface area contributed by atoms with E-state index in [1.807, 2.05) is 0 Å². The van der Waals surface area contributed by atoms with E-state index in [0.29, 0.717) is 5.88 Å². The van der Waals surface area contributed by atoms with Crippen molar-refractivity contribution in [3.8, 4) is 5.88 Å². The fraction of sp³-hybridized carbons (Fsp3) is 0.154. The molecular weight excluding hydrogens is 264 g/mol. The van der Waals surface area contributed by atoms with Crippen LogP contribution in [-0.2, 0) is 16.6 Å². The van der Waals surface area contributed by atoms with Crippen molar-refractivity contribution in [2.75, 3.05) is 7.11 Å². The summed E-state index contributed by atoms with van der Waals surface area (Å²) in [6.07, 6.45) is 1.57. The van der Waals surface area contributed by atoms with E-state index in [4.69, 9.17) is 4.74 Å². The zero-order chi connectivity index (χ0) is 13.7. The second-order valence-corrected chi connectivity index (χ2v) is 5.61. The van der Waals surface area contributed by atoms with Crippen LogP contribution in [0.3, 0.4) is 0 Å². The smallest absolute Gasteiger partial charge is 0.240 e. The summed E-state index contributed by atoms with van der Waals surface area (Å²) in [6.45, 7) is 0.191. The zero-order valence-electron chi connectivity index (χ0n) is 10.4. The van der Waals surface area contributed by atoms with Crippen LogP contribution in [0.25, 0.3) is 0 Å². The first kappa shape index (κ1) is 13.5. The maximum Gasteiger partial charge on any atom is 0.240 e. The third-order valence-electron chi connectivity index (χ3n) is 2.53. The number of rotatable bonds is 5. The molecule has 0 aliphatic heterocycles. The van der Waals surface area contributed by atoms with Gasteiger partial charge in [-0.1, -0.05) is 18.2 Å². The first-order valence-electron chi connectivity index (χ1n) is 5.65. The van der Waals surface area contributed by atoms with E-state index in [2.05, 4.69) is 9.71 Å². The molecular formula is C13H14N2O3S. The van der Waals surface area contributed by atoms with Crippen LogP contribution in [0, 0.1) is 0 Å². The van der Waals surface area contributed by atoms with Crippen molar-refractivity contribution >= 4 is 10.0 Å². The van der Waals surface area contributed by atoms with E-state index in [0.717, 1.165) is 5.56 Å². The predicted octanol–water partition coefficient (Wildman–Crippen LogP) is 1.57. The Kier molecular flexibility index (Phi) is 4.13. The molecule has 1 aromatic heterocycles. The van der Waals surface area contributed by atoms with Gasteiger partial charge in [0.1, 0.15) is 0 Å². The Hall–Kier alpha value is -1.92. The van der Waals surface area contributed by atoms with Gasteiger partial charge in [-0.2, -0.15) is 0 Å². The molecule has 1 heterocycles.